The van der Waals surface area contributed by atoms with Crippen molar-refractivity contribution in [3.8, 4) is 0 Å². The summed E-state index contributed by atoms with van der Waals surface area (Å²) in [7, 11) is -3.69. The third-order valence-corrected chi connectivity index (χ3v) is 6.09. The Morgan fingerprint density at radius 1 is 1.00 bits per heavy atom. The van der Waals surface area contributed by atoms with E-state index in [9.17, 15) is 13.2 Å². The maximum absolute atomic E-state index is 12.5. The minimum atomic E-state index is -3.69. The fourth-order valence-electron chi connectivity index (χ4n) is 2.67. The van der Waals surface area contributed by atoms with Crippen LogP contribution in [0.5, 0.6) is 0 Å². The second kappa shape index (κ2) is 8.08. The smallest absolute Gasteiger partial charge is 0.240 e. The molecule has 0 bridgehead atoms. The first-order valence-electron chi connectivity index (χ1n) is 8.40. The molecule has 0 aliphatic rings. The molecule has 0 saturated carbocycles. The lowest BCUT2D eigenvalue weighted by Gasteiger charge is -2.10. The van der Waals surface area contributed by atoms with Crippen LogP contribution >= 0.6 is 11.6 Å². The van der Waals surface area contributed by atoms with Crippen LogP contribution in [0.2, 0.25) is 5.02 Å². The van der Waals surface area contributed by atoms with Crippen molar-refractivity contribution >= 4 is 44.0 Å². The molecule has 0 unspecified atom stereocenters. The second-order valence-corrected chi connectivity index (χ2v) is 8.29. The van der Waals surface area contributed by atoms with Gasteiger partial charge in [0.25, 0.3) is 0 Å². The Morgan fingerprint density at radius 3 is 2.52 bits per heavy atom. The Hall–Kier alpha value is -2.41. The van der Waals surface area contributed by atoms with Gasteiger partial charge in [-0.05, 0) is 47.5 Å². The minimum Gasteiger partial charge on any atom is -0.326 e. The predicted octanol–water partition coefficient (Wildman–Crippen LogP) is 4.11. The number of hydrogen-bond donors (Lipinski definition) is 2. The Morgan fingerprint density at radius 2 is 1.74 bits per heavy atom. The van der Waals surface area contributed by atoms with Gasteiger partial charge < -0.3 is 5.32 Å². The zero-order chi connectivity index (χ0) is 19.4. The number of halogens is 1. The Balaban J connectivity index is 1.61. The summed E-state index contributed by atoms with van der Waals surface area (Å²) in [6.45, 7) is 1.81. The molecule has 3 rings (SSSR count). The van der Waals surface area contributed by atoms with Crippen molar-refractivity contribution in [2.75, 3.05) is 11.9 Å². The van der Waals surface area contributed by atoms with Crippen LogP contribution in [-0.2, 0) is 14.8 Å². The zero-order valence-electron chi connectivity index (χ0n) is 14.7. The zero-order valence-corrected chi connectivity index (χ0v) is 16.3. The molecule has 27 heavy (non-hydrogen) atoms. The van der Waals surface area contributed by atoms with Crippen molar-refractivity contribution in [2.45, 2.75) is 18.2 Å². The molecule has 5 nitrogen and oxygen atoms in total. The van der Waals surface area contributed by atoms with Crippen molar-refractivity contribution in [1.29, 1.82) is 0 Å². The largest absolute Gasteiger partial charge is 0.326 e. The highest BCUT2D eigenvalue weighted by Crippen LogP contribution is 2.23. The van der Waals surface area contributed by atoms with Gasteiger partial charge in [-0.3, -0.25) is 4.79 Å². The van der Waals surface area contributed by atoms with Gasteiger partial charge in [-0.15, -0.1) is 0 Å². The molecule has 1 amide bonds. The van der Waals surface area contributed by atoms with E-state index in [1.807, 2.05) is 24.3 Å². The summed E-state index contributed by atoms with van der Waals surface area (Å²) in [5, 5.41) is 5.11. The summed E-state index contributed by atoms with van der Waals surface area (Å²) in [4.78, 5) is 12.3. The van der Waals surface area contributed by atoms with Gasteiger partial charge in [0, 0.05) is 23.7 Å². The van der Waals surface area contributed by atoms with Crippen LogP contribution in [0.1, 0.15) is 12.0 Å². The Labute approximate surface area is 163 Å². The van der Waals surface area contributed by atoms with Crippen molar-refractivity contribution < 1.29 is 13.2 Å². The lowest BCUT2D eigenvalue weighted by Crippen LogP contribution is -2.28. The maximum Gasteiger partial charge on any atom is 0.240 e. The monoisotopic (exact) mass is 402 g/mol. The summed E-state index contributed by atoms with van der Waals surface area (Å²) >= 11 is 6.03. The predicted molar refractivity (Wildman–Crippen MR) is 109 cm³/mol. The SMILES string of the molecule is Cc1c(Cl)cccc1NC(=O)CCNS(=O)(=O)c1ccc2ccccc2c1. The summed E-state index contributed by atoms with van der Waals surface area (Å²) < 4.78 is 27.4. The number of nitrogens with one attached hydrogen (secondary N) is 2. The molecule has 0 aliphatic carbocycles. The average molecular weight is 403 g/mol. The number of benzene rings is 3. The highest BCUT2D eigenvalue weighted by atomic mass is 35.5. The van der Waals surface area contributed by atoms with E-state index in [1.54, 1.807) is 43.3 Å². The molecule has 2 N–H and O–H groups in total. The first-order chi connectivity index (χ1) is 12.9. The van der Waals surface area contributed by atoms with Gasteiger partial charge in [0.05, 0.1) is 4.90 Å². The fraction of sp³-hybridized carbons (Fsp3) is 0.150. The summed E-state index contributed by atoms with van der Waals surface area (Å²) in [5.41, 5.74) is 1.38. The lowest BCUT2D eigenvalue weighted by atomic mass is 10.1. The van der Waals surface area contributed by atoms with E-state index in [1.165, 1.54) is 0 Å². The molecule has 0 radical (unpaired) electrons. The van der Waals surface area contributed by atoms with Crippen LogP contribution in [0.4, 0.5) is 5.69 Å². The topological polar surface area (TPSA) is 75.3 Å². The number of hydrogen-bond acceptors (Lipinski definition) is 3. The minimum absolute atomic E-state index is 0.000602. The molecular weight excluding hydrogens is 384 g/mol. The van der Waals surface area contributed by atoms with Gasteiger partial charge in [0.2, 0.25) is 15.9 Å². The average Bonchev–Trinajstić information content (AvgIpc) is 2.65. The van der Waals surface area contributed by atoms with Gasteiger partial charge in [-0.2, -0.15) is 0 Å². The van der Waals surface area contributed by atoms with E-state index >= 15 is 0 Å². The number of amides is 1. The molecule has 7 heteroatoms. The van der Waals surface area contributed by atoms with Crippen molar-refractivity contribution in [1.82, 2.24) is 4.72 Å². The van der Waals surface area contributed by atoms with Crippen LogP contribution in [-0.4, -0.2) is 20.9 Å². The molecule has 0 spiro atoms. The first kappa shape index (κ1) is 19.4. The normalized spacial score (nSPS) is 11.5. The second-order valence-electron chi connectivity index (χ2n) is 6.12. The third-order valence-electron chi connectivity index (χ3n) is 4.22. The van der Waals surface area contributed by atoms with Gasteiger partial charge in [-0.1, -0.05) is 48.0 Å². The van der Waals surface area contributed by atoms with Gasteiger partial charge in [0.1, 0.15) is 0 Å². The number of sulfonamides is 1. The Bertz CT molecular complexity index is 1100. The molecule has 0 fully saturated rings. The molecule has 3 aromatic carbocycles. The van der Waals surface area contributed by atoms with Gasteiger partial charge in [0.15, 0.2) is 0 Å². The summed E-state index contributed by atoms with van der Waals surface area (Å²) in [6, 6.07) is 17.7. The first-order valence-corrected chi connectivity index (χ1v) is 10.3. The summed E-state index contributed by atoms with van der Waals surface area (Å²) in [6.07, 6.45) is 0.0127. The van der Waals surface area contributed by atoms with E-state index in [4.69, 9.17) is 11.6 Å². The molecule has 0 aliphatic heterocycles. The van der Waals surface area contributed by atoms with E-state index in [2.05, 4.69) is 10.0 Å². The van der Waals surface area contributed by atoms with Crippen molar-refractivity contribution in [3.05, 3.63) is 71.2 Å². The molecule has 0 heterocycles. The standard InChI is InChI=1S/C20H19ClN2O3S/c1-14-18(21)7-4-8-19(14)23-20(24)11-12-22-27(25,26)17-10-9-15-5-2-3-6-16(15)13-17/h2-10,13,22H,11-12H2,1H3,(H,23,24). The lowest BCUT2D eigenvalue weighted by molar-refractivity contribution is -0.116. The van der Waals surface area contributed by atoms with Crippen LogP contribution in [0.3, 0.4) is 0 Å². The van der Waals surface area contributed by atoms with Gasteiger partial charge in [-0.25, -0.2) is 13.1 Å². The van der Waals surface area contributed by atoms with E-state index in [-0.39, 0.29) is 23.8 Å². The number of carbonyl (C=O) groups excluding carboxylic acids is 1. The van der Waals surface area contributed by atoms with Crippen molar-refractivity contribution in [2.24, 2.45) is 0 Å². The summed E-state index contributed by atoms with van der Waals surface area (Å²) in [5.74, 6) is -0.290. The molecule has 0 saturated heterocycles. The van der Waals surface area contributed by atoms with Crippen molar-refractivity contribution in [3.63, 3.8) is 0 Å². The maximum atomic E-state index is 12.5. The van der Waals surface area contributed by atoms with Crippen LogP contribution < -0.4 is 10.0 Å². The van der Waals surface area contributed by atoms with Gasteiger partial charge >= 0.3 is 0 Å². The van der Waals surface area contributed by atoms with Crippen LogP contribution in [0.15, 0.2) is 65.6 Å². The molecule has 0 atom stereocenters. The van der Waals surface area contributed by atoms with E-state index in [0.717, 1.165) is 16.3 Å². The van der Waals surface area contributed by atoms with E-state index in [0.29, 0.717) is 10.7 Å². The number of anilines is 1. The highest BCUT2D eigenvalue weighted by molar-refractivity contribution is 7.89. The quantitative estimate of drug-likeness (QED) is 0.651. The molecular formula is C20H19ClN2O3S. The molecule has 140 valence electrons. The number of carbonyl (C=O) groups is 1. The number of rotatable bonds is 6. The third kappa shape index (κ3) is 4.66. The fourth-order valence-corrected chi connectivity index (χ4v) is 3.91. The van der Waals surface area contributed by atoms with E-state index < -0.39 is 10.0 Å². The molecule has 3 aromatic rings. The highest BCUT2D eigenvalue weighted by Gasteiger charge is 2.15. The molecule has 0 aromatic heterocycles. The van der Waals surface area contributed by atoms with Crippen LogP contribution in [0.25, 0.3) is 10.8 Å². The van der Waals surface area contributed by atoms with Crippen LogP contribution in [0, 0.1) is 6.92 Å². The number of fused-ring (bicyclic) bond motifs is 1. The Kier molecular flexibility index (Phi) is 5.79.